The molecule has 18 heavy (non-hydrogen) atoms. The summed E-state index contributed by atoms with van der Waals surface area (Å²) in [6.07, 6.45) is 0.758. The first-order valence-electron chi connectivity index (χ1n) is 5.63. The van der Waals surface area contributed by atoms with Gasteiger partial charge in [-0.2, -0.15) is 0 Å². The third-order valence-corrected chi connectivity index (χ3v) is 3.05. The van der Waals surface area contributed by atoms with Crippen molar-refractivity contribution in [1.82, 2.24) is 0 Å². The molecule has 0 aliphatic rings. The van der Waals surface area contributed by atoms with Gasteiger partial charge in [0.25, 0.3) is 0 Å². The zero-order chi connectivity index (χ0) is 13.8. The lowest BCUT2D eigenvalue weighted by Crippen LogP contribution is -2.30. The number of hydrogen-bond donors (Lipinski definition) is 0. The van der Waals surface area contributed by atoms with Gasteiger partial charge in [-0.3, -0.25) is 10.1 Å². The Morgan fingerprint density at radius 2 is 2.06 bits per heavy atom. The second-order valence-corrected chi connectivity index (χ2v) is 4.75. The Bertz CT molecular complexity index is 442. The molecule has 0 radical (unpaired) electrons. The van der Waals surface area contributed by atoms with Gasteiger partial charge in [0.05, 0.1) is 13.0 Å². The predicted molar refractivity (Wildman–Crippen MR) is 67.4 cm³/mol. The lowest BCUT2D eigenvalue weighted by atomic mass is 9.75. The first-order chi connectivity index (χ1) is 8.42. The van der Waals surface area contributed by atoms with E-state index in [1.807, 2.05) is 0 Å². The van der Waals surface area contributed by atoms with Crippen LogP contribution in [0.15, 0.2) is 24.3 Å². The Hall–Kier alpha value is -1.91. The summed E-state index contributed by atoms with van der Waals surface area (Å²) in [6.45, 7) is 3.09. The maximum Gasteiger partial charge on any atom is 0.211 e. The number of ether oxygens (including phenoxy) is 1. The SMILES string of the molecule is COc1ccccc1[C@H](C[N+](=O)[O-])C(C)(C)C=O. The van der Waals surface area contributed by atoms with E-state index in [2.05, 4.69) is 0 Å². The number of hydrogen-bond acceptors (Lipinski definition) is 4. The third-order valence-electron chi connectivity index (χ3n) is 3.05. The molecule has 0 amide bonds. The van der Waals surface area contributed by atoms with Gasteiger partial charge in [0, 0.05) is 15.9 Å². The predicted octanol–water partition coefficient (Wildman–Crippen LogP) is 2.28. The van der Waals surface area contributed by atoms with Crippen LogP contribution in [0.25, 0.3) is 0 Å². The summed E-state index contributed by atoms with van der Waals surface area (Å²) in [7, 11) is 1.51. The highest BCUT2D eigenvalue weighted by Gasteiger charge is 2.36. The molecule has 0 bridgehead atoms. The molecule has 0 heterocycles. The number of rotatable bonds is 6. The average Bonchev–Trinajstić information content (AvgIpc) is 2.35. The number of para-hydroxylation sites is 1. The van der Waals surface area contributed by atoms with Crippen LogP contribution in [0.4, 0.5) is 0 Å². The largest absolute Gasteiger partial charge is 0.496 e. The Balaban J connectivity index is 3.25. The van der Waals surface area contributed by atoms with Crippen molar-refractivity contribution in [1.29, 1.82) is 0 Å². The molecule has 1 atom stereocenters. The van der Waals surface area contributed by atoms with Crippen LogP contribution < -0.4 is 4.74 Å². The van der Waals surface area contributed by atoms with E-state index in [0.29, 0.717) is 11.3 Å². The molecule has 98 valence electrons. The topological polar surface area (TPSA) is 69.4 Å². The highest BCUT2D eigenvalue weighted by atomic mass is 16.6. The van der Waals surface area contributed by atoms with Crippen molar-refractivity contribution < 1.29 is 14.5 Å². The molecule has 1 aromatic carbocycles. The van der Waals surface area contributed by atoms with Crippen LogP contribution >= 0.6 is 0 Å². The van der Waals surface area contributed by atoms with E-state index < -0.39 is 16.3 Å². The van der Waals surface area contributed by atoms with Crippen LogP contribution in [0.1, 0.15) is 25.3 Å². The monoisotopic (exact) mass is 251 g/mol. The van der Waals surface area contributed by atoms with Crippen LogP contribution in [0.3, 0.4) is 0 Å². The molecule has 1 aromatic rings. The average molecular weight is 251 g/mol. The molecule has 5 heteroatoms. The summed E-state index contributed by atoms with van der Waals surface area (Å²) in [4.78, 5) is 21.6. The third kappa shape index (κ3) is 3.06. The summed E-state index contributed by atoms with van der Waals surface area (Å²) >= 11 is 0. The first kappa shape index (κ1) is 14.2. The van der Waals surface area contributed by atoms with E-state index in [9.17, 15) is 14.9 Å². The smallest absolute Gasteiger partial charge is 0.211 e. The first-order valence-corrected chi connectivity index (χ1v) is 5.63. The van der Waals surface area contributed by atoms with Crippen molar-refractivity contribution in [2.75, 3.05) is 13.7 Å². The van der Waals surface area contributed by atoms with Gasteiger partial charge < -0.3 is 9.53 Å². The van der Waals surface area contributed by atoms with Crippen molar-refractivity contribution in [2.24, 2.45) is 5.41 Å². The van der Waals surface area contributed by atoms with E-state index in [-0.39, 0.29) is 6.54 Å². The molecule has 0 N–H and O–H groups in total. The molecular formula is C13H17NO4. The summed E-state index contributed by atoms with van der Waals surface area (Å²) in [5, 5.41) is 10.8. The molecule has 0 saturated carbocycles. The minimum Gasteiger partial charge on any atom is -0.496 e. The Labute approximate surface area is 106 Å². The van der Waals surface area contributed by atoms with Crippen molar-refractivity contribution in [3.63, 3.8) is 0 Å². The van der Waals surface area contributed by atoms with E-state index in [4.69, 9.17) is 4.74 Å². The van der Waals surface area contributed by atoms with Gasteiger partial charge in [0.1, 0.15) is 12.0 Å². The molecule has 0 aliphatic carbocycles. The molecule has 0 spiro atoms. The lowest BCUT2D eigenvalue weighted by Gasteiger charge is -2.27. The van der Waals surface area contributed by atoms with Crippen LogP contribution in [-0.4, -0.2) is 24.9 Å². The fourth-order valence-corrected chi connectivity index (χ4v) is 1.92. The second-order valence-electron chi connectivity index (χ2n) is 4.75. The summed E-state index contributed by atoms with van der Waals surface area (Å²) < 4.78 is 5.21. The maximum atomic E-state index is 11.2. The van der Waals surface area contributed by atoms with Crippen LogP contribution in [0.5, 0.6) is 5.75 Å². The van der Waals surface area contributed by atoms with E-state index >= 15 is 0 Å². The van der Waals surface area contributed by atoms with E-state index in [1.54, 1.807) is 38.1 Å². The molecule has 0 fully saturated rings. The number of nitro groups is 1. The number of carbonyl (C=O) groups is 1. The molecule has 0 saturated heterocycles. The van der Waals surface area contributed by atoms with Gasteiger partial charge >= 0.3 is 0 Å². The molecule has 5 nitrogen and oxygen atoms in total. The van der Waals surface area contributed by atoms with Crippen molar-refractivity contribution in [3.8, 4) is 5.75 Å². The van der Waals surface area contributed by atoms with Crippen LogP contribution in [0.2, 0.25) is 0 Å². The van der Waals surface area contributed by atoms with E-state index in [0.717, 1.165) is 6.29 Å². The number of benzene rings is 1. The lowest BCUT2D eigenvalue weighted by molar-refractivity contribution is -0.485. The van der Waals surface area contributed by atoms with Gasteiger partial charge in [-0.1, -0.05) is 32.0 Å². The zero-order valence-corrected chi connectivity index (χ0v) is 10.8. The zero-order valence-electron chi connectivity index (χ0n) is 10.8. The number of carbonyl (C=O) groups excluding carboxylic acids is 1. The fourth-order valence-electron chi connectivity index (χ4n) is 1.92. The van der Waals surface area contributed by atoms with Gasteiger partial charge in [0.15, 0.2) is 0 Å². The van der Waals surface area contributed by atoms with E-state index in [1.165, 1.54) is 7.11 Å². The van der Waals surface area contributed by atoms with Crippen molar-refractivity contribution >= 4 is 6.29 Å². The molecule has 0 unspecified atom stereocenters. The minimum absolute atomic E-state index is 0.299. The molecule has 0 aromatic heterocycles. The number of aldehydes is 1. The Morgan fingerprint density at radius 1 is 1.44 bits per heavy atom. The highest BCUT2D eigenvalue weighted by molar-refractivity contribution is 5.61. The standard InChI is InChI=1S/C13H17NO4/c1-13(2,9-15)11(8-14(16)17)10-6-4-5-7-12(10)18-3/h4-7,9,11H,8H2,1-3H3/t11-/m0/s1. The van der Waals surface area contributed by atoms with Crippen molar-refractivity contribution in [3.05, 3.63) is 39.9 Å². The summed E-state index contributed by atoms with van der Waals surface area (Å²) in [5.74, 6) is 0.0559. The van der Waals surface area contributed by atoms with Gasteiger partial charge in [-0.05, 0) is 6.07 Å². The highest BCUT2D eigenvalue weighted by Crippen LogP contribution is 2.38. The number of nitrogens with zero attached hydrogens (tertiary/aromatic N) is 1. The van der Waals surface area contributed by atoms with Gasteiger partial charge in [0.2, 0.25) is 6.54 Å². The van der Waals surface area contributed by atoms with Gasteiger partial charge in [-0.15, -0.1) is 0 Å². The summed E-state index contributed by atoms with van der Waals surface area (Å²) in [6, 6.07) is 7.08. The van der Waals surface area contributed by atoms with Crippen LogP contribution in [-0.2, 0) is 4.79 Å². The Morgan fingerprint density at radius 3 is 2.56 bits per heavy atom. The van der Waals surface area contributed by atoms with Crippen molar-refractivity contribution in [2.45, 2.75) is 19.8 Å². The summed E-state index contributed by atoms with van der Waals surface area (Å²) in [5.41, 5.74) is -0.129. The second kappa shape index (κ2) is 5.62. The fraction of sp³-hybridized carbons (Fsp3) is 0.462. The molecule has 1 rings (SSSR count). The van der Waals surface area contributed by atoms with Crippen LogP contribution in [0, 0.1) is 15.5 Å². The number of methoxy groups -OCH3 is 1. The minimum atomic E-state index is -0.818. The quantitative estimate of drug-likeness (QED) is 0.442. The Kier molecular flexibility index (Phi) is 4.42. The molecular weight excluding hydrogens is 234 g/mol. The van der Waals surface area contributed by atoms with Gasteiger partial charge in [-0.25, -0.2) is 0 Å². The normalized spacial score (nSPS) is 12.8. The molecule has 0 aliphatic heterocycles. The maximum absolute atomic E-state index is 11.2.